The van der Waals surface area contributed by atoms with Crippen molar-refractivity contribution in [1.29, 1.82) is 0 Å². The van der Waals surface area contributed by atoms with E-state index in [2.05, 4.69) is 42.8 Å². The molecule has 1 rings (SSSR count). The lowest BCUT2D eigenvalue weighted by molar-refractivity contribution is 0.300. The van der Waals surface area contributed by atoms with Crippen LogP contribution in [0.3, 0.4) is 0 Å². The highest BCUT2D eigenvalue weighted by Gasteiger charge is 2.19. The zero-order valence-electron chi connectivity index (χ0n) is 11.8. The lowest BCUT2D eigenvalue weighted by atomic mass is 9.86. The standard InChI is InChI=1S/C15H23BrO2/c1-15(2,3)13-11-12(17-4)7-8-14(13)18-10-6-5-9-16/h7-8,11H,5-6,9-10H2,1-4H3. The number of unbranched alkanes of at least 4 members (excludes halogenated alkanes) is 1. The molecule has 0 saturated heterocycles. The quantitative estimate of drug-likeness (QED) is 0.566. The molecular weight excluding hydrogens is 292 g/mol. The summed E-state index contributed by atoms with van der Waals surface area (Å²) in [5, 5.41) is 1.03. The first-order valence-electron chi connectivity index (χ1n) is 6.36. The molecule has 0 N–H and O–H groups in total. The molecule has 0 aliphatic carbocycles. The normalized spacial score (nSPS) is 11.4. The number of alkyl halides is 1. The predicted octanol–water partition coefficient (Wildman–Crippen LogP) is 4.55. The van der Waals surface area contributed by atoms with Crippen LogP contribution in [0.25, 0.3) is 0 Å². The second kappa shape index (κ2) is 7.03. The second-order valence-corrected chi connectivity index (χ2v) is 6.15. The minimum atomic E-state index is 0.0549. The van der Waals surface area contributed by atoms with Crippen LogP contribution in [0.15, 0.2) is 18.2 Å². The average Bonchev–Trinajstić information content (AvgIpc) is 2.33. The van der Waals surface area contributed by atoms with Gasteiger partial charge in [-0.05, 0) is 36.5 Å². The van der Waals surface area contributed by atoms with Crippen molar-refractivity contribution in [3.8, 4) is 11.5 Å². The fourth-order valence-electron chi connectivity index (χ4n) is 1.73. The van der Waals surface area contributed by atoms with E-state index in [-0.39, 0.29) is 5.41 Å². The number of methoxy groups -OCH3 is 1. The topological polar surface area (TPSA) is 18.5 Å². The first-order chi connectivity index (χ1) is 8.49. The van der Waals surface area contributed by atoms with Gasteiger partial charge >= 0.3 is 0 Å². The van der Waals surface area contributed by atoms with Crippen molar-refractivity contribution >= 4 is 15.9 Å². The third kappa shape index (κ3) is 4.52. The number of rotatable bonds is 6. The molecule has 0 bridgehead atoms. The zero-order chi connectivity index (χ0) is 13.6. The summed E-state index contributed by atoms with van der Waals surface area (Å²) in [6.07, 6.45) is 2.21. The molecule has 0 heterocycles. The highest BCUT2D eigenvalue weighted by atomic mass is 79.9. The SMILES string of the molecule is COc1ccc(OCCCCBr)c(C(C)(C)C)c1. The molecule has 1 aromatic rings. The largest absolute Gasteiger partial charge is 0.497 e. The summed E-state index contributed by atoms with van der Waals surface area (Å²) in [5.74, 6) is 1.85. The number of ether oxygens (including phenoxy) is 2. The molecule has 0 unspecified atom stereocenters. The van der Waals surface area contributed by atoms with Crippen molar-refractivity contribution < 1.29 is 9.47 Å². The van der Waals surface area contributed by atoms with Gasteiger partial charge in [0.15, 0.2) is 0 Å². The molecule has 0 atom stereocenters. The van der Waals surface area contributed by atoms with Crippen molar-refractivity contribution in [3.05, 3.63) is 23.8 Å². The van der Waals surface area contributed by atoms with Gasteiger partial charge in [-0.1, -0.05) is 36.7 Å². The van der Waals surface area contributed by atoms with Crippen LogP contribution in [0, 0.1) is 0 Å². The van der Waals surface area contributed by atoms with Crippen molar-refractivity contribution in [1.82, 2.24) is 0 Å². The van der Waals surface area contributed by atoms with Crippen LogP contribution in [0.1, 0.15) is 39.2 Å². The van der Waals surface area contributed by atoms with Gasteiger partial charge in [0.2, 0.25) is 0 Å². The molecule has 0 amide bonds. The Labute approximate surface area is 119 Å². The highest BCUT2D eigenvalue weighted by Crippen LogP contribution is 2.34. The first-order valence-corrected chi connectivity index (χ1v) is 7.48. The summed E-state index contributed by atoms with van der Waals surface area (Å²) in [5.41, 5.74) is 1.25. The van der Waals surface area contributed by atoms with Gasteiger partial charge in [-0.15, -0.1) is 0 Å². The third-order valence-corrected chi connectivity index (χ3v) is 3.34. The molecule has 18 heavy (non-hydrogen) atoms. The monoisotopic (exact) mass is 314 g/mol. The molecule has 0 spiro atoms. The summed E-state index contributed by atoms with van der Waals surface area (Å²) >= 11 is 3.43. The van der Waals surface area contributed by atoms with Gasteiger partial charge in [0.05, 0.1) is 13.7 Å². The fraction of sp³-hybridized carbons (Fsp3) is 0.600. The van der Waals surface area contributed by atoms with Crippen LogP contribution in [0.4, 0.5) is 0 Å². The minimum absolute atomic E-state index is 0.0549. The first kappa shape index (κ1) is 15.4. The Kier molecular flexibility index (Phi) is 6.00. The van der Waals surface area contributed by atoms with Crippen LogP contribution in [0.2, 0.25) is 0 Å². The van der Waals surface area contributed by atoms with E-state index < -0.39 is 0 Å². The number of benzene rings is 1. The van der Waals surface area contributed by atoms with Gasteiger partial charge in [-0.25, -0.2) is 0 Å². The molecular formula is C15H23BrO2. The molecule has 102 valence electrons. The molecule has 0 aliphatic rings. The average molecular weight is 315 g/mol. The number of hydrogen-bond donors (Lipinski definition) is 0. The summed E-state index contributed by atoms with van der Waals surface area (Å²) in [6, 6.07) is 6.03. The zero-order valence-corrected chi connectivity index (χ0v) is 13.3. The summed E-state index contributed by atoms with van der Waals surface area (Å²) < 4.78 is 11.2. The van der Waals surface area contributed by atoms with Gasteiger partial charge in [-0.2, -0.15) is 0 Å². The maximum absolute atomic E-state index is 5.89. The maximum atomic E-state index is 5.89. The van der Waals surface area contributed by atoms with E-state index in [1.807, 2.05) is 12.1 Å². The summed E-state index contributed by atoms with van der Waals surface area (Å²) in [6.45, 7) is 7.33. The molecule has 2 nitrogen and oxygen atoms in total. The Balaban J connectivity index is 2.82. The van der Waals surface area contributed by atoms with Gasteiger partial charge in [0, 0.05) is 10.9 Å². The van der Waals surface area contributed by atoms with Gasteiger partial charge in [0.25, 0.3) is 0 Å². The lowest BCUT2D eigenvalue weighted by Crippen LogP contribution is -2.14. The lowest BCUT2D eigenvalue weighted by Gasteiger charge is -2.23. The van der Waals surface area contributed by atoms with E-state index in [1.165, 1.54) is 5.56 Å². The van der Waals surface area contributed by atoms with Gasteiger partial charge in [0.1, 0.15) is 11.5 Å². The van der Waals surface area contributed by atoms with E-state index >= 15 is 0 Å². The molecule has 3 heteroatoms. The Hall–Kier alpha value is -0.700. The fourth-order valence-corrected chi connectivity index (χ4v) is 2.12. The van der Waals surface area contributed by atoms with E-state index in [1.54, 1.807) is 7.11 Å². The number of hydrogen-bond acceptors (Lipinski definition) is 2. The second-order valence-electron chi connectivity index (χ2n) is 5.36. The minimum Gasteiger partial charge on any atom is -0.497 e. The highest BCUT2D eigenvalue weighted by molar-refractivity contribution is 9.09. The van der Waals surface area contributed by atoms with Crippen LogP contribution in [-0.2, 0) is 5.41 Å². The van der Waals surface area contributed by atoms with Crippen molar-refractivity contribution in [3.63, 3.8) is 0 Å². The van der Waals surface area contributed by atoms with Crippen LogP contribution in [0.5, 0.6) is 11.5 Å². The van der Waals surface area contributed by atoms with Gasteiger partial charge in [-0.3, -0.25) is 0 Å². The Bertz CT molecular complexity index is 369. The molecule has 0 saturated carbocycles. The molecule has 0 radical (unpaired) electrons. The molecule has 0 fully saturated rings. The summed E-state index contributed by atoms with van der Waals surface area (Å²) in [4.78, 5) is 0. The predicted molar refractivity (Wildman–Crippen MR) is 80.2 cm³/mol. The van der Waals surface area contributed by atoms with E-state index in [0.717, 1.165) is 36.3 Å². The van der Waals surface area contributed by atoms with Crippen LogP contribution < -0.4 is 9.47 Å². The molecule has 0 aromatic heterocycles. The van der Waals surface area contributed by atoms with E-state index in [0.29, 0.717) is 0 Å². The maximum Gasteiger partial charge on any atom is 0.123 e. The Morgan fingerprint density at radius 1 is 1.17 bits per heavy atom. The third-order valence-electron chi connectivity index (χ3n) is 2.78. The Morgan fingerprint density at radius 3 is 2.44 bits per heavy atom. The van der Waals surface area contributed by atoms with Crippen LogP contribution in [-0.4, -0.2) is 19.0 Å². The smallest absolute Gasteiger partial charge is 0.123 e. The van der Waals surface area contributed by atoms with Crippen molar-refractivity contribution in [2.24, 2.45) is 0 Å². The molecule has 1 aromatic carbocycles. The Morgan fingerprint density at radius 2 is 1.89 bits per heavy atom. The molecule has 0 aliphatic heterocycles. The van der Waals surface area contributed by atoms with E-state index in [9.17, 15) is 0 Å². The van der Waals surface area contributed by atoms with Crippen molar-refractivity contribution in [2.75, 3.05) is 19.0 Å². The summed E-state index contributed by atoms with van der Waals surface area (Å²) in [7, 11) is 1.69. The van der Waals surface area contributed by atoms with Crippen molar-refractivity contribution in [2.45, 2.75) is 39.0 Å². The van der Waals surface area contributed by atoms with Gasteiger partial charge < -0.3 is 9.47 Å². The number of halogens is 1. The van der Waals surface area contributed by atoms with Crippen LogP contribution >= 0.6 is 15.9 Å². The van der Waals surface area contributed by atoms with E-state index in [4.69, 9.17) is 9.47 Å².